The van der Waals surface area contributed by atoms with Crippen molar-refractivity contribution >= 4 is 35.8 Å². The zero-order valence-corrected chi connectivity index (χ0v) is 15.6. The third-order valence-electron chi connectivity index (χ3n) is 2.81. The number of aromatic nitrogens is 1. The van der Waals surface area contributed by atoms with Crippen LogP contribution < -0.4 is 16.4 Å². The van der Waals surface area contributed by atoms with Gasteiger partial charge in [0.1, 0.15) is 5.82 Å². The lowest BCUT2D eigenvalue weighted by molar-refractivity contribution is 0.146. The van der Waals surface area contributed by atoms with E-state index in [0.29, 0.717) is 12.5 Å². The van der Waals surface area contributed by atoms with Gasteiger partial charge in [-0.1, -0.05) is 6.07 Å². The molecule has 0 saturated heterocycles. The second-order valence-corrected chi connectivity index (χ2v) is 4.59. The molecule has 0 atom stereocenters. The minimum Gasteiger partial charge on any atom is -0.382 e. The summed E-state index contributed by atoms with van der Waals surface area (Å²) in [5.74, 6) is 1.44. The maximum atomic E-state index is 5.77. The molecule has 0 saturated carbocycles. The van der Waals surface area contributed by atoms with Crippen LogP contribution >= 0.6 is 24.0 Å². The van der Waals surface area contributed by atoms with Gasteiger partial charge in [0.2, 0.25) is 0 Å². The quantitative estimate of drug-likeness (QED) is 0.221. The summed E-state index contributed by atoms with van der Waals surface area (Å²) in [5.41, 5.74) is 5.77. The van der Waals surface area contributed by atoms with Gasteiger partial charge in [-0.25, -0.2) is 4.98 Å². The van der Waals surface area contributed by atoms with E-state index < -0.39 is 0 Å². The lowest BCUT2D eigenvalue weighted by atomic mass is 10.3. The molecule has 1 rings (SSSR count). The fourth-order valence-electron chi connectivity index (χ4n) is 1.72. The molecule has 1 aromatic rings. The van der Waals surface area contributed by atoms with Crippen molar-refractivity contribution in [3.8, 4) is 0 Å². The van der Waals surface area contributed by atoms with Crippen molar-refractivity contribution in [2.45, 2.75) is 26.2 Å². The van der Waals surface area contributed by atoms with E-state index in [2.05, 4.69) is 20.6 Å². The van der Waals surface area contributed by atoms with Gasteiger partial charge in [0.15, 0.2) is 5.96 Å². The zero-order valence-electron chi connectivity index (χ0n) is 13.3. The SMILES string of the molecule is CCOCCCN=C(N)NCCCCNc1ccccn1.I. The van der Waals surface area contributed by atoms with E-state index in [1.165, 1.54) is 0 Å². The summed E-state index contributed by atoms with van der Waals surface area (Å²) in [6.45, 7) is 5.94. The summed E-state index contributed by atoms with van der Waals surface area (Å²) in [5, 5.41) is 6.39. The summed E-state index contributed by atoms with van der Waals surface area (Å²) < 4.78 is 5.23. The van der Waals surface area contributed by atoms with Crippen molar-refractivity contribution in [1.82, 2.24) is 10.3 Å². The van der Waals surface area contributed by atoms with Crippen molar-refractivity contribution in [2.24, 2.45) is 10.7 Å². The topological polar surface area (TPSA) is 84.6 Å². The van der Waals surface area contributed by atoms with E-state index in [9.17, 15) is 0 Å². The molecule has 22 heavy (non-hydrogen) atoms. The molecule has 0 bridgehead atoms. The summed E-state index contributed by atoms with van der Waals surface area (Å²) in [4.78, 5) is 8.44. The Morgan fingerprint density at radius 1 is 1.27 bits per heavy atom. The maximum Gasteiger partial charge on any atom is 0.188 e. The van der Waals surface area contributed by atoms with Crippen molar-refractivity contribution in [3.63, 3.8) is 0 Å². The molecule has 0 spiro atoms. The molecule has 0 radical (unpaired) electrons. The van der Waals surface area contributed by atoms with Crippen LogP contribution in [0.1, 0.15) is 26.2 Å². The van der Waals surface area contributed by atoms with E-state index in [-0.39, 0.29) is 24.0 Å². The Hall–Kier alpha value is -1.09. The first-order valence-corrected chi connectivity index (χ1v) is 7.59. The monoisotopic (exact) mass is 421 g/mol. The highest BCUT2D eigenvalue weighted by atomic mass is 127. The van der Waals surface area contributed by atoms with Crippen LogP contribution in [-0.2, 0) is 4.74 Å². The predicted octanol–water partition coefficient (Wildman–Crippen LogP) is 2.22. The van der Waals surface area contributed by atoms with Gasteiger partial charge >= 0.3 is 0 Å². The summed E-state index contributed by atoms with van der Waals surface area (Å²) in [6.07, 6.45) is 4.78. The Morgan fingerprint density at radius 3 is 2.82 bits per heavy atom. The minimum atomic E-state index is 0. The summed E-state index contributed by atoms with van der Waals surface area (Å²) in [6, 6.07) is 5.84. The van der Waals surface area contributed by atoms with E-state index in [1.54, 1.807) is 6.20 Å². The number of guanidine groups is 1. The van der Waals surface area contributed by atoms with E-state index in [4.69, 9.17) is 10.5 Å². The third kappa shape index (κ3) is 11.6. The highest BCUT2D eigenvalue weighted by molar-refractivity contribution is 14.0. The molecule has 0 fully saturated rings. The first-order valence-electron chi connectivity index (χ1n) is 7.59. The number of nitrogens with two attached hydrogens (primary N) is 1. The highest BCUT2D eigenvalue weighted by Gasteiger charge is 1.94. The molecule has 0 aliphatic rings. The van der Waals surface area contributed by atoms with Gasteiger partial charge in [-0.2, -0.15) is 0 Å². The number of hydrogen-bond donors (Lipinski definition) is 3. The number of aliphatic imine (C=N–C) groups is 1. The maximum absolute atomic E-state index is 5.77. The second kappa shape index (κ2) is 14.8. The molecule has 0 aliphatic heterocycles. The Bertz CT molecular complexity index is 389. The number of pyridine rings is 1. The van der Waals surface area contributed by atoms with Crippen LogP contribution in [0.5, 0.6) is 0 Å². The molecular formula is C15H28IN5O. The number of nitrogens with one attached hydrogen (secondary N) is 2. The number of ether oxygens (including phenoxy) is 1. The molecule has 0 unspecified atom stereocenters. The van der Waals surface area contributed by atoms with Gasteiger partial charge < -0.3 is 21.1 Å². The number of hydrogen-bond acceptors (Lipinski definition) is 4. The van der Waals surface area contributed by atoms with E-state index in [0.717, 1.165) is 51.4 Å². The average Bonchev–Trinajstić information content (AvgIpc) is 2.51. The van der Waals surface area contributed by atoms with Crippen LogP contribution in [0.15, 0.2) is 29.4 Å². The zero-order chi connectivity index (χ0) is 15.2. The number of rotatable bonds is 11. The molecular weight excluding hydrogens is 393 g/mol. The number of anilines is 1. The van der Waals surface area contributed by atoms with Crippen LogP contribution in [0.2, 0.25) is 0 Å². The molecule has 4 N–H and O–H groups in total. The second-order valence-electron chi connectivity index (χ2n) is 4.59. The summed E-state index contributed by atoms with van der Waals surface area (Å²) >= 11 is 0. The van der Waals surface area contributed by atoms with Crippen molar-refractivity contribution in [3.05, 3.63) is 24.4 Å². The Morgan fingerprint density at radius 2 is 2.09 bits per heavy atom. The molecule has 0 aliphatic carbocycles. The number of halogens is 1. The first kappa shape index (κ1) is 20.9. The normalized spacial score (nSPS) is 10.9. The molecule has 1 heterocycles. The van der Waals surface area contributed by atoms with Crippen LogP contribution in [0.25, 0.3) is 0 Å². The van der Waals surface area contributed by atoms with Gasteiger partial charge in [-0.05, 0) is 38.3 Å². The third-order valence-corrected chi connectivity index (χ3v) is 2.81. The average molecular weight is 421 g/mol. The predicted molar refractivity (Wildman–Crippen MR) is 103 cm³/mol. The Kier molecular flexibility index (Phi) is 14.1. The fraction of sp³-hybridized carbons (Fsp3) is 0.600. The molecule has 6 nitrogen and oxygen atoms in total. The summed E-state index contributed by atoms with van der Waals surface area (Å²) in [7, 11) is 0. The highest BCUT2D eigenvalue weighted by Crippen LogP contribution is 1.99. The van der Waals surface area contributed by atoms with Gasteiger partial charge in [0.05, 0.1) is 0 Å². The lowest BCUT2D eigenvalue weighted by Gasteiger charge is -2.07. The van der Waals surface area contributed by atoms with Crippen LogP contribution in [0.4, 0.5) is 5.82 Å². The van der Waals surface area contributed by atoms with Crippen LogP contribution in [0.3, 0.4) is 0 Å². The molecule has 126 valence electrons. The number of unbranched alkanes of at least 4 members (excludes halogenated alkanes) is 1. The molecule has 0 amide bonds. The minimum absolute atomic E-state index is 0. The Balaban J connectivity index is 0.00000441. The van der Waals surface area contributed by atoms with Gasteiger partial charge in [-0.15, -0.1) is 24.0 Å². The van der Waals surface area contributed by atoms with Crippen LogP contribution in [0, 0.1) is 0 Å². The smallest absolute Gasteiger partial charge is 0.188 e. The molecule has 0 aromatic carbocycles. The molecule has 1 aromatic heterocycles. The van der Waals surface area contributed by atoms with Gasteiger partial charge in [-0.3, -0.25) is 4.99 Å². The van der Waals surface area contributed by atoms with E-state index >= 15 is 0 Å². The van der Waals surface area contributed by atoms with E-state index in [1.807, 2.05) is 25.1 Å². The lowest BCUT2D eigenvalue weighted by Crippen LogP contribution is -2.32. The molecule has 7 heteroatoms. The van der Waals surface area contributed by atoms with Crippen molar-refractivity contribution in [1.29, 1.82) is 0 Å². The van der Waals surface area contributed by atoms with Crippen LogP contribution in [-0.4, -0.2) is 43.8 Å². The fourth-order valence-corrected chi connectivity index (χ4v) is 1.72. The van der Waals surface area contributed by atoms with Gasteiger partial charge in [0.25, 0.3) is 0 Å². The van der Waals surface area contributed by atoms with Crippen molar-refractivity contribution in [2.75, 3.05) is 38.2 Å². The Labute approximate surface area is 150 Å². The van der Waals surface area contributed by atoms with Crippen molar-refractivity contribution < 1.29 is 4.74 Å². The number of nitrogens with zero attached hydrogens (tertiary/aromatic N) is 2. The standard InChI is InChI=1S/C15H27N5O.HI/c1-2-21-13-7-12-20-15(16)19-11-6-5-10-18-14-8-3-4-9-17-14;/h3-4,8-9H,2,5-7,10-13H2,1H3,(H,17,18)(H3,16,19,20);1H. The largest absolute Gasteiger partial charge is 0.382 e. The first-order chi connectivity index (χ1) is 10.3. The van der Waals surface area contributed by atoms with Gasteiger partial charge in [0, 0.05) is 39.0 Å².